The Labute approximate surface area is 133 Å². The van der Waals surface area contributed by atoms with E-state index in [-0.39, 0.29) is 5.91 Å². The van der Waals surface area contributed by atoms with E-state index in [0.29, 0.717) is 18.8 Å². The summed E-state index contributed by atoms with van der Waals surface area (Å²) >= 11 is 0. The Kier molecular flexibility index (Phi) is 6.87. The van der Waals surface area contributed by atoms with Crippen LogP contribution in [0.5, 0.6) is 0 Å². The van der Waals surface area contributed by atoms with Crippen molar-refractivity contribution in [1.82, 2.24) is 5.06 Å². The zero-order valence-corrected chi connectivity index (χ0v) is 13.7. The number of fused-ring (bicyclic) bond motifs is 1. The van der Waals surface area contributed by atoms with Crippen molar-refractivity contribution in [2.75, 3.05) is 13.2 Å². The van der Waals surface area contributed by atoms with Gasteiger partial charge in [0.05, 0.1) is 6.61 Å². The highest BCUT2D eigenvalue weighted by Crippen LogP contribution is 2.34. The number of hydrogen-bond acceptors (Lipinski definition) is 3. The maximum Gasteiger partial charge on any atom is 0.280 e. The van der Waals surface area contributed by atoms with Gasteiger partial charge in [0.15, 0.2) is 6.23 Å². The first-order valence-electron chi connectivity index (χ1n) is 8.46. The Balaban J connectivity index is 1.84. The first-order valence-corrected chi connectivity index (χ1v) is 8.46. The number of carbonyl (C=O) groups is 1. The molecule has 1 aromatic rings. The molecule has 2 rings (SSSR count). The molecule has 4 nitrogen and oxygen atoms in total. The molecule has 0 aromatic heterocycles. The lowest BCUT2D eigenvalue weighted by atomic mass is 10.1. The van der Waals surface area contributed by atoms with Crippen LogP contribution in [0.1, 0.15) is 74.5 Å². The molecule has 0 saturated carbocycles. The van der Waals surface area contributed by atoms with Crippen LogP contribution in [-0.2, 0) is 9.57 Å². The zero-order chi connectivity index (χ0) is 15.8. The van der Waals surface area contributed by atoms with E-state index in [0.717, 1.165) is 18.4 Å². The average molecular weight is 305 g/mol. The molecule has 1 amide bonds. The molecule has 0 N–H and O–H groups in total. The maximum atomic E-state index is 12.4. The molecule has 1 aromatic carbocycles. The van der Waals surface area contributed by atoms with Gasteiger partial charge in [-0.1, -0.05) is 57.2 Å². The molecular formula is C18H27NO3. The molecule has 1 aliphatic heterocycles. The minimum atomic E-state index is -0.409. The van der Waals surface area contributed by atoms with Crippen LogP contribution in [0.2, 0.25) is 0 Å². The highest BCUT2D eigenvalue weighted by atomic mass is 16.7. The fourth-order valence-electron chi connectivity index (χ4n) is 2.75. The summed E-state index contributed by atoms with van der Waals surface area (Å²) in [5.74, 6) is -0.0972. The van der Waals surface area contributed by atoms with Gasteiger partial charge >= 0.3 is 0 Å². The van der Waals surface area contributed by atoms with Crippen molar-refractivity contribution in [2.24, 2.45) is 0 Å². The van der Waals surface area contributed by atoms with Gasteiger partial charge in [-0.15, -0.1) is 0 Å². The van der Waals surface area contributed by atoms with Gasteiger partial charge in [0.25, 0.3) is 5.91 Å². The Hall–Kier alpha value is -1.39. The van der Waals surface area contributed by atoms with Crippen LogP contribution in [0, 0.1) is 0 Å². The van der Waals surface area contributed by atoms with Crippen LogP contribution < -0.4 is 0 Å². The third kappa shape index (κ3) is 4.08. The predicted octanol–water partition coefficient (Wildman–Crippen LogP) is 4.47. The number of ether oxygens (including phenoxy) is 1. The smallest absolute Gasteiger partial charge is 0.280 e. The Bertz CT molecular complexity index is 475. The lowest BCUT2D eigenvalue weighted by Crippen LogP contribution is -2.30. The topological polar surface area (TPSA) is 38.8 Å². The van der Waals surface area contributed by atoms with Crippen molar-refractivity contribution in [3.05, 3.63) is 35.4 Å². The molecule has 122 valence electrons. The van der Waals surface area contributed by atoms with Crippen molar-refractivity contribution in [2.45, 2.75) is 58.6 Å². The van der Waals surface area contributed by atoms with Crippen LogP contribution in [-0.4, -0.2) is 24.2 Å². The van der Waals surface area contributed by atoms with E-state index >= 15 is 0 Å². The van der Waals surface area contributed by atoms with Crippen molar-refractivity contribution in [3.63, 3.8) is 0 Å². The van der Waals surface area contributed by atoms with E-state index in [1.807, 2.05) is 31.2 Å². The van der Waals surface area contributed by atoms with E-state index in [2.05, 4.69) is 6.92 Å². The van der Waals surface area contributed by atoms with Gasteiger partial charge in [0, 0.05) is 17.7 Å². The summed E-state index contributed by atoms with van der Waals surface area (Å²) in [5, 5.41) is 1.40. The molecule has 0 fully saturated rings. The van der Waals surface area contributed by atoms with Crippen molar-refractivity contribution < 1.29 is 14.4 Å². The molecule has 1 aliphatic rings. The van der Waals surface area contributed by atoms with E-state index in [1.54, 1.807) is 0 Å². The molecule has 0 aliphatic carbocycles. The molecule has 22 heavy (non-hydrogen) atoms. The van der Waals surface area contributed by atoms with E-state index < -0.39 is 6.23 Å². The average Bonchev–Trinajstić information content (AvgIpc) is 2.80. The maximum absolute atomic E-state index is 12.4. The van der Waals surface area contributed by atoms with Crippen LogP contribution in [0.25, 0.3) is 0 Å². The number of rotatable bonds is 10. The largest absolute Gasteiger partial charge is 0.352 e. The fraction of sp³-hybridized carbons (Fsp3) is 0.611. The van der Waals surface area contributed by atoms with E-state index in [1.165, 1.54) is 30.7 Å². The van der Waals surface area contributed by atoms with Gasteiger partial charge in [-0.2, -0.15) is 5.06 Å². The van der Waals surface area contributed by atoms with Crippen LogP contribution in [0.4, 0.5) is 0 Å². The summed E-state index contributed by atoms with van der Waals surface area (Å²) in [6.07, 6.45) is 6.79. The first kappa shape index (κ1) is 17.0. The third-order valence-corrected chi connectivity index (χ3v) is 3.92. The minimum absolute atomic E-state index is 0.0972. The number of benzene rings is 1. The predicted molar refractivity (Wildman–Crippen MR) is 86.3 cm³/mol. The monoisotopic (exact) mass is 305 g/mol. The van der Waals surface area contributed by atoms with Gasteiger partial charge in [-0.3, -0.25) is 9.63 Å². The summed E-state index contributed by atoms with van der Waals surface area (Å²) in [4.78, 5) is 18.1. The number of hydroxylamine groups is 2. The summed E-state index contributed by atoms with van der Waals surface area (Å²) in [5.41, 5.74) is 1.58. The standard InChI is InChI=1S/C18H27NO3/c1-3-5-6-7-8-11-14-22-19-17(20)15-12-9-10-13-16(15)18(19)21-4-2/h9-10,12-13,18H,3-8,11,14H2,1-2H3. The number of amides is 1. The number of nitrogens with zero attached hydrogens (tertiary/aromatic N) is 1. The van der Waals surface area contributed by atoms with Crippen molar-refractivity contribution in [3.8, 4) is 0 Å². The van der Waals surface area contributed by atoms with Crippen LogP contribution >= 0.6 is 0 Å². The SMILES string of the molecule is CCCCCCCCON1C(=O)c2ccccc2C1OCC. The quantitative estimate of drug-likeness (QED) is 0.599. The Morgan fingerprint density at radius 1 is 1.05 bits per heavy atom. The highest BCUT2D eigenvalue weighted by molar-refractivity contribution is 5.98. The lowest BCUT2D eigenvalue weighted by molar-refractivity contribution is -0.215. The van der Waals surface area contributed by atoms with Crippen molar-refractivity contribution in [1.29, 1.82) is 0 Å². The summed E-state index contributed by atoms with van der Waals surface area (Å²) in [6.45, 7) is 5.25. The second-order valence-corrected chi connectivity index (χ2v) is 5.63. The summed E-state index contributed by atoms with van der Waals surface area (Å²) in [7, 11) is 0. The van der Waals surface area contributed by atoms with Gasteiger partial charge < -0.3 is 4.74 Å². The molecule has 1 heterocycles. The molecule has 1 atom stereocenters. The summed E-state index contributed by atoms with van der Waals surface area (Å²) < 4.78 is 5.70. The van der Waals surface area contributed by atoms with E-state index in [9.17, 15) is 4.79 Å². The molecule has 0 radical (unpaired) electrons. The second kappa shape index (κ2) is 8.91. The van der Waals surface area contributed by atoms with Gasteiger partial charge in [-0.25, -0.2) is 0 Å². The van der Waals surface area contributed by atoms with Gasteiger partial charge in [0.2, 0.25) is 0 Å². The minimum Gasteiger partial charge on any atom is -0.352 e. The summed E-state index contributed by atoms with van der Waals surface area (Å²) in [6, 6.07) is 7.56. The third-order valence-electron chi connectivity index (χ3n) is 3.92. The van der Waals surface area contributed by atoms with E-state index in [4.69, 9.17) is 9.57 Å². The fourth-order valence-corrected chi connectivity index (χ4v) is 2.75. The lowest BCUT2D eigenvalue weighted by Gasteiger charge is -2.23. The second-order valence-electron chi connectivity index (χ2n) is 5.63. The highest BCUT2D eigenvalue weighted by Gasteiger charge is 2.38. The van der Waals surface area contributed by atoms with Crippen LogP contribution in [0.15, 0.2) is 24.3 Å². The molecule has 1 unspecified atom stereocenters. The normalized spacial score (nSPS) is 17.1. The Morgan fingerprint density at radius 2 is 1.77 bits per heavy atom. The van der Waals surface area contributed by atoms with Gasteiger partial charge in [0.1, 0.15) is 0 Å². The molecule has 4 heteroatoms. The molecule has 0 saturated heterocycles. The number of unbranched alkanes of at least 4 members (excludes halogenated alkanes) is 5. The first-order chi connectivity index (χ1) is 10.8. The molecule has 0 bridgehead atoms. The van der Waals surface area contributed by atoms with Crippen LogP contribution in [0.3, 0.4) is 0 Å². The number of carbonyl (C=O) groups excluding carboxylic acids is 1. The molecule has 0 spiro atoms. The zero-order valence-electron chi connectivity index (χ0n) is 13.7. The molecular weight excluding hydrogens is 278 g/mol. The van der Waals surface area contributed by atoms with Gasteiger partial charge in [-0.05, 0) is 19.4 Å². The Morgan fingerprint density at radius 3 is 2.55 bits per heavy atom. The van der Waals surface area contributed by atoms with Crippen molar-refractivity contribution >= 4 is 5.91 Å². The number of hydrogen-bond donors (Lipinski definition) is 0.